The van der Waals surface area contributed by atoms with E-state index < -0.39 is 5.60 Å². The van der Waals surface area contributed by atoms with Crippen LogP contribution in [0.5, 0.6) is 5.75 Å². The molecule has 0 spiro atoms. The van der Waals surface area contributed by atoms with Crippen molar-refractivity contribution in [3.63, 3.8) is 0 Å². The molecule has 0 radical (unpaired) electrons. The third-order valence-corrected chi connectivity index (χ3v) is 5.88. The molecule has 0 bridgehead atoms. The van der Waals surface area contributed by atoms with Gasteiger partial charge < -0.3 is 14.2 Å². The minimum Gasteiger partial charge on any atom is -0.497 e. The Hall–Kier alpha value is -3.11. The maximum atomic E-state index is 12.1. The zero-order valence-corrected chi connectivity index (χ0v) is 18.0. The Labute approximate surface area is 183 Å². The van der Waals surface area contributed by atoms with Gasteiger partial charge in [-0.2, -0.15) is 0 Å². The van der Waals surface area contributed by atoms with E-state index in [2.05, 4.69) is 36.4 Å². The third-order valence-electron chi connectivity index (χ3n) is 5.88. The van der Waals surface area contributed by atoms with Crippen LogP contribution in [0.2, 0.25) is 0 Å². The second kappa shape index (κ2) is 9.36. The van der Waals surface area contributed by atoms with Crippen molar-refractivity contribution < 1.29 is 19.0 Å². The van der Waals surface area contributed by atoms with Gasteiger partial charge in [-0.25, -0.2) is 0 Å². The molecule has 1 saturated carbocycles. The first-order valence-corrected chi connectivity index (χ1v) is 10.7. The van der Waals surface area contributed by atoms with Crippen LogP contribution in [0.1, 0.15) is 30.0 Å². The minimum absolute atomic E-state index is 0.0694. The number of methoxy groups -OCH3 is 1. The number of carbonyl (C=O) groups is 1. The first-order valence-electron chi connectivity index (χ1n) is 10.7. The van der Waals surface area contributed by atoms with Crippen LogP contribution in [0.3, 0.4) is 0 Å². The van der Waals surface area contributed by atoms with Crippen molar-refractivity contribution in [2.75, 3.05) is 20.3 Å². The fraction of sp³-hybridized carbons (Fsp3) is 0.296. The molecule has 0 N–H and O–H groups in total. The van der Waals surface area contributed by atoms with E-state index >= 15 is 0 Å². The Kier molecular flexibility index (Phi) is 6.38. The number of hydrogen-bond donors (Lipinski definition) is 0. The molecule has 4 heteroatoms. The lowest BCUT2D eigenvalue weighted by atomic mass is 9.80. The number of carbonyl (C=O) groups excluding carboxylic acids is 1. The second-order valence-corrected chi connectivity index (χ2v) is 7.81. The predicted octanol–water partition coefficient (Wildman–Crippen LogP) is 5.20. The van der Waals surface area contributed by atoms with Gasteiger partial charge in [0.05, 0.1) is 26.2 Å². The van der Waals surface area contributed by atoms with Gasteiger partial charge in [-0.3, -0.25) is 4.79 Å². The second-order valence-electron chi connectivity index (χ2n) is 7.81. The number of benzene rings is 3. The number of rotatable bonds is 9. The highest BCUT2D eigenvalue weighted by molar-refractivity contribution is 5.75. The van der Waals surface area contributed by atoms with Crippen molar-refractivity contribution in [1.82, 2.24) is 0 Å². The first kappa shape index (κ1) is 21.1. The van der Waals surface area contributed by atoms with Crippen LogP contribution < -0.4 is 4.74 Å². The molecular formula is C27H28O4. The molecule has 4 nitrogen and oxygen atoms in total. The SMILES string of the molecule is CCOC(=O)C1CC1COC(c1ccccc1)(c1ccccc1)c1ccc(OC)cc1. The quantitative estimate of drug-likeness (QED) is 0.355. The summed E-state index contributed by atoms with van der Waals surface area (Å²) in [7, 11) is 1.66. The van der Waals surface area contributed by atoms with E-state index in [1.165, 1.54) is 0 Å². The van der Waals surface area contributed by atoms with Crippen LogP contribution in [-0.2, 0) is 19.9 Å². The predicted molar refractivity (Wildman–Crippen MR) is 120 cm³/mol. The lowest BCUT2D eigenvalue weighted by Gasteiger charge is -2.36. The largest absolute Gasteiger partial charge is 0.497 e. The molecule has 3 aromatic carbocycles. The molecule has 0 aromatic heterocycles. The number of ether oxygens (including phenoxy) is 3. The van der Waals surface area contributed by atoms with Gasteiger partial charge in [-0.15, -0.1) is 0 Å². The van der Waals surface area contributed by atoms with Gasteiger partial charge in [0.25, 0.3) is 0 Å². The van der Waals surface area contributed by atoms with Gasteiger partial charge in [0, 0.05) is 0 Å². The Balaban J connectivity index is 1.74. The first-order chi connectivity index (χ1) is 15.2. The standard InChI is InChI=1S/C27H28O4/c1-3-30-26(28)25-18-20(25)19-31-27(21-10-6-4-7-11-21,22-12-8-5-9-13-22)23-14-16-24(29-2)17-15-23/h4-17,20,25H,3,18-19H2,1-2H3. The zero-order valence-electron chi connectivity index (χ0n) is 18.0. The summed E-state index contributed by atoms with van der Waals surface area (Å²) in [5.74, 6) is 0.776. The average Bonchev–Trinajstić information content (AvgIpc) is 3.61. The van der Waals surface area contributed by atoms with Gasteiger partial charge >= 0.3 is 5.97 Å². The van der Waals surface area contributed by atoms with E-state index in [9.17, 15) is 4.79 Å². The Morgan fingerprint density at radius 2 is 1.42 bits per heavy atom. The molecular weight excluding hydrogens is 388 g/mol. The van der Waals surface area contributed by atoms with Crippen LogP contribution in [-0.4, -0.2) is 26.3 Å². The summed E-state index contributed by atoms with van der Waals surface area (Å²) in [5.41, 5.74) is 2.30. The van der Waals surface area contributed by atoms with E-state index in [-0.39, 0.29) is 17.8 Å². The summed E-state index contributed by atoms with van der Waals surface area (Å²) in [6.45, 7) is 2.72. The highest BCUT2D eigenvalue weighted by Crippen LogP contribution is 2.45. The van der Waals surface area contributed by atoms with Crippen molar-refractivity contribution in [2.45, 2.75) is 18.9 Å². The molecule has 3 aromatic rings. The fourth-order valence-corrected chi connectivity index (χ4v) is 4.12. The van der Waals surface area contributed by atoms with Gasteiger partial charge in [0.2, 0.25) is 0 Å². The molecule has 0 heterocycles. The van der Waals surface area contributed by atoms with Crippen LogP contribution >= 0.6 is 0 Å². The van der Waals surface area contributed by atoms with Crippen molar-refractivity contribution in [3.8, 4) is 5.75 Å². The summed E-state index contributed by atoms with van der Waals surface area (Å²) >= 11 is 0. The van der Waals surface area contributed by atoms with Crippen molar-refractivity contribution in [2.24, 2.45) is 11.8 Å². The maximum Gasteiger partial charge on any atom is 0.309 e. The summed E-state index contributed by atoms with van der Waals surface area (Å²) in [4.78, 5) is 12.1. The van der Waals surface area contributed by atoms with Gasteiger partial charge in [-0.05, 0) is 48.1 Å². The molecule has 4 rings (SSSR count). The highest BCUT2D eigenvalue weighted by Gasteiger charge is 2.47. The number of esters is 1. The van der Waals surface area contributed by atoms with Gasteiger partial charge in [0.1, 0.15) is 11.4 Å². The maximum absolute atomic E-state index is 12.1. The van der Waals surface area contributed by atoms with Crippen molar-refractivity contribution in [1.29, 1.82) is 0 Å². The minimum atomic E-state index is -0.795. The molecule has 1 aliphatic rings. The molecule has 160 valence electrons. The lowest BCUT2D eigenvalue weighted by molar-refractivity contribution is -0.145. The molecule has 0 saturated heterocycles. The van der Waals surface area contributed by atoms with E-state index in [0.29, 0.717) is 13.2 Å². The molecule has 1 aliphatic carbocycles. The van der Waals surface area contributed by atoms with Crippen molar-refractivity contribution >= 4 is 5.97 Å². The van der Waals surface area contributed by atoms with Gasteiger partial charge in [0.15, 0.2) is 0 Å². The van der Waals surface area contributed by atoms with E-state index in [4.69, 9.17) is 14.2 Å². The smallest absolute Gasteiger partial charge is 0.309 e. The van der Waals surface area contributed by atoms with Crippen LogP contribution in [0.15, 0.2) is 84.9 Å². The van der Waals surface area contributed by atoms with Crippen LogP contribution in [0, 0.1) is 11.8 Å². The fourth-order valence-electron chi connectivity index (χ4n) is 4.12. The molecule has 2 unspecified atom stereocenters. The van der Waals surface area contributed by atoms with Crippen molar-refractivity contribution in [3.05, 3.63) is 102 Å². The summed E-state index contributed by atoms with van der Waals surface area (Å²) < 4.78 is 17.4. The monoisotopic (exact) mass is 416 g/mol. The Morgan fingerprint density at radius 1 is 0.871 bits per heavy atom. The summed E-state index contributed by atoms with van der Waals surface area (Å²) in [5, 5.41) is 0. The topological polar surface area (TPSA) is 44.8 Å². The van der Waals surface area contributed by atoms with E-state index in [1.54, 1.807) is 7.11 Å². The molecule has 0 amide bonds. The van der Waals surface area contributed by atoms with Crippen LogP contribution in [0.25, 0.3) is 0 Å². The number of hydrogen-bond acceptors (Lipinski definition) is 4. The molecule has 31 heavy (non-hydrogen) atoms. The van der Waals surface area contributed by atoms with Gasteiger partial charge in [-0.1, -0.05) is 72.8 Å². The highest BCUT2D eigenvalue weighted by atomic mass is 16.5. The normalized spacial score (nSPS) is 17.7. The molecule has 2 atom stereocenters. The third kappa shape index (κ3) is 4.35. The lowest BCUT2D eigenvalue weighted by Crippen LogP contribution is -2.34. The zero-order chi connectivity index (χ0) is 21.7. The van der Waals surface area contributed by atoms with E-state index in [1.807, 2.05) is 55.5 Å². The summed E-state index contributed by atoms with van der Waals surface area (Å²) in [6.07, 6.45) is 0.807. The summed E-state index contributed by atoms with van der Waals surface area (Å²) in [6, 6.07) is 28.5. The van der Waals surface area contributed by atoms with Crippen LogP contribution in [0.4, 0.5) is 0 Å². The molecule has 0 aliphatic heterocycles. The Bertz CT molecular complexity index is 943. The Morgan fingerprint density at radius 3 is 1.94 bits per heavy atom. The average molecular weight is 417 g/mol. The molecule has 1 fully saturated rings. The van der Waals surface area contributed by atoms with E-state index in [0.717, 1.165) is 28.9 Å².